The Morgan fingerprint density at radius 2 is 1.96 bits per heavy atom. The zero-order valence-electron chi connectivity index (χ0n) is 14.8. The molecule has 1 aromatic heterocycles. The van der Waals surface area contributed by atoms with E-state index < -0.39 is 4.92 Å². The molecule has 0 unspecified atom stereocenters. The smallest absolute Gasteiger partial charge is 0.292 e. The van der Waals surface area contributed by atoms with Crippen molar-refractivity contribution >= 4 is 64.5 Å². The molecule has 2 aromatic rings. The number of rotatable bonds is 7. The summed E-state index contributed by atoms with van der Waals surface area (Å²) in [5.41, 5.74) is 1.45. The molecule has 0 radical (unpaired) electrons. The van der Waals surface area contributed by atoms with Crippen molar-refractivity contribution in [2.24, 2.45) is 12.0 Å². The van der Waals surface area contributed by atoms with E-state index in [4.69, 9.17) is 23.2 Å². The number of nitrogens with one attached hydrogen (secondary N) is 3. The van der Waals surface area contributed by atoms with E-state index in [9.17, 15) is 10.1 Å². The first-order valence-electron chi connectivity index (χ1n) is 7.85. The normalized spacial score (nSPS) is 10.9. The lowest BCUT2D eigenvalue weighted by molar-refractivity contribution is -0.384. The van der Waals surface area contributed by atoms with Crippen LogP contribution in [0.15, 0.2) is 35.3 Å². The number of nitro benzene ring substituents is 1. The first-order chi connectivity index (χ1) is 12.4. The van der Waals surface area contributed by atoms with Crippen LogP contribution in [0.4, 0.5) is 11.4 Å². The fraction of sp³-hybridized carbons (Fsp3) is 0.312. The highest BCUT2D eigenvalue weighted by atomic mass is 127. The molecular formula is C16H21Cl2IN6O2. The van der Waals surface area contributed by atoms with Crippen molar-refractivity contribution in [1.29, 1.82) is 0 Å². The molecule has 3 N–H and O–H groups in total. The van der Waals surface area contributed by atoms with Crippen molar-refractivity contribution in [3.8, 4) is 0 Å². The lowest BCUT2D eigenvalue weighted by Gasteiger charge is -2.13. The predicted octanol–water partition coefficient (Wildman–Crippen LogP) is 3.64. The number of hydrogen-bond acceptors (Lipinski definition) is 4. The Bertz CT molecular complexity index is 812. The van der Waals surface area contributed by atoms with Crippen molar-refractivity contribution < 1.29 is 4.92 Å². The average Bonchev–Trinajstić information content (AvgIpc) is 2.88. The maximum atomic E-state index is 11.0. The molecule has 1 heterocycles. The van der Waals surface area contributed by atoms with Crippen molar-refractivity contribution in [2.45, 2.75) is 6.54 Å². The molecule has 0 fully saturated rings. The highest BCUT2D eigenvalue weighted by molar-refractivity contribution is 14.0. The van der Waals surface area contributed by atoms with Crippen LogP contribution in [0.5, 0.6) is 0 Å². The maximum Gasteiger partial charge on any atom is 0.292 e. The van der Waals surface area contributed by atoms with Crippen molar-refractivity contribution in [1.82, 2.24) is 15.2 Å². The Morgan fingerprint density at radius 3 is 2.56 bits per heavy atom. The number of anilines is 1. The number of halogens is 3. The Morgan fingerprint density at radius 1 is 1.26 bits per heavy atom. The third-order valence-electron chi connectivity index (χ3n) is 3.71. The van der Waals surface area contributed by atoms with Crippen LogP contribution in [-0.2, 0) is 13.6 Å². The molecule has 0 spiro atoms. The largest absolute Gasteiger partial charge is 0.378 e. The minimum Gasteiger partial charge on any atom is -0.378 e. The molecule has 2 rings (SSSR count). The van der Waals surface area contributed by atoms with E-state index in [1.165, 1.54) is 6.07 Å². The standard InChI is InChI=1S/C16H20Cl2N6O2.HI/c1-19-16(22-10-11-9-12(17)15(18)23(11)2)21-8-7-20-13-5-3-4-6-14(13)24(25)26;/h3-6,9,20H,7-8,10H2,1-2H3,(H2,19,21,22);1H. The second-order valence-electron chi connectivity index (χ2n) is 5.39. The van der Waals surface area contributed by atoms with Crippen LogP contribution in [0.3, 0.4) is 0 Å². The second kappa shape index (κ2) is 11.2. The van der Waals surface area contributed by atoms with Crippen LogP contribution < -0.4 is 16.0 Å². The summed E-state index contributed by atoms with van der Waals surface area (Å²) in [4.78, 5) is 14.7. The Labute approximate surface area is 184 Å². The minimum atomic E-state index is -0.410. The van der Waals surface area contributed by atoms with Crippen LogP contribution >= 0.6 is 47.2 Å². The van der Waals surface area contributed by atoms with E-state index in [0.29, 0.717) is 41.5 Å². The van der Waals surface area contributed by atoms with Crippen molar-refractivity contribution in [3.05, 3.63) is 56.3 Å². The summed E-state index contributed by atoms with van der Waals surface area (Å²) in [6, 6.07) is 8.31. The fourth-order valence-corrected chi connectivity index (χ4v) is 2.73. The Balaban J connectivity index is 0.00000364. The molecular weight excluding hydrogens is 506 g/mol. The first-order valence-corrected chi connectivity index (χ1v) is 8.61. The molecule has 8 nitrogen and oxygen atoms in total. The summed E-state index contributed by atoms with van der Waals surface area (Å²) >= 11 is 12.0. The van der Waals surface area contributed by atoms with Gasteiger partial charge in [-0.2, -0.15) is 0 Å². The van der Waals surface area contributed by atoms with Crippen molar-refractivity contribution in [3.63, 3.8) is 0 Å². The van der Waals surface area contributed by atoms with E-state index in [2.05, 4.69) is 20.9 Å². The van der Waals surface area contributed by atoms with Crippen LogP contribution in [-0.4, -0.2) is 35.6 Å². The lowest BCUT2D eigenvalue weighted by Crippen LogP contribution is -2.39. The van der Waals surface area contributed by atoms with Gasteiger partial charge in [-0.25, -0.2) is 0 Å². The number of nitro groups is 1. The minimum absolute atomic E-state index is 0. The molecule has 0 saturated carbocycles. The number of hydrogen-bond donors (Lipinski definition) is 3. The molecule has 0 saturated heterocycles. The molecule has 27 heavy (non-hydrogen) atoms. The van der Waals surface area contributed by atoms with Crippen LogP contribution in [0.25, 0.3) is 0 Å². The van der Waals surface area contributed by atoms with Gasteiger partial charge >= 0.3 is 0 Å². The zero-order valence-corrected chi connectivity index (χ0v) is 18.7. The van der Waals surface area contributed by atoms with Crippen LogP contribution in [0.2, 0.25) is 10.2 Å². The summed E-state index contributed by atoms with van der Waals surface area (Å²) < 4.78 is 1.79. The monoisotopic (exact) mass is 526 g/mol. The highest BCUT2D eigenvalue weighted by Gasteiger charge is 2.11. The van der Waals surface area contributed by atoms with Gasteiger partial charge in [0.1, 0.15) is 10.8 Å². The van der Waals surface area contributed by atoms with Gasteiger partial charge < -0.3 is 20.5 Å². The molecule has 0 bridgehead atoms. The first kappa shape index (κ1) is 23.3. The SMILES string of the molecule is CN=C(NCCNc1ccccc1[N+](=O)[O-])NCc1cc(Cl)c(Cl)n1C.I. The molecule has 11 heteroatoms. The summed E-state index contributed by atoms with van der Waals surface area (Å²) in [6.45, 7) is 1.52. The lowest BCUT2D eigenvalue weighted by atomic mass is 10.2. The quantitative estimate of drug-likeness (QED) is 0.128. The number of guanidine groups is 1. The van der Waals surface area contributed by atoms with E-state index in [0.717, 1.165) is 5.69 Å². The van der Waals surface area contributed by atoms with E-state index in [1.54, 1.807) is 35.9 Å². The Hall–Kier alpha value is -1.72. The van der Waals surface area contributed by atoms with E-state index in [1.807, 2.05) is 7.05 Å². The molecule has 0 amide bonds. The second-order valence-corrected chi connectivity index (χ2v) is 6.15. The average molecular weight is 527 g/mol. The van der Waals surface area contributed by atoms with Crippen molar-refractivity contribution in [2.75, 3.05) is 25.5 Å². The number of benzene rings is 1. The number of aliphatic imine (C=N–C) groups is 1. The van der Waals surface area contributed by atoms with Crippen LogP contribution in [0.1, 0.15) is 5.69 Å². The third kappa shape index (κ3) is 6.43. The van der Waals surface area contributed by atoms with Gasteiger partial charge in [0.05, 0.1) is 16.5 Å². The molecule has 0 aliphatic heterocycles. The van der Waals surface area contributed by atoms with Gasteiger partial charge in [0.2, 0.25) is 0 Å². The number of nitrogens with zero attached hydrogens (tertiary/aromatic N) is 3. The summed E-state index contributed by atoms with van der Waals surface area (Å²) in [5, 5.41) is 21.3. The molecule has 1 aromatic carbocycles. The molecule has 0 atom stereocenters. The topological polar surface area (TPSA) is 96.5 Å². The summed E-state index contributed by atoms with van der Waals surface area (Å²) in [5.74, 6) is 0.600. The molecule has 0 aliphatic rings. The zero-order chi connectivity index (χ0) is 19.1. The predicted molar refractivity (Wildman–Crippen MR) is 121 cm³/mol. The van der Waals surface area contributed by atoms with E-state index in [-0.39, 0.29) is 29.7 Å². The fourth-order valence-electron chi connectivity index (χ4n) is 2.31. The van der Waals surface area contributed by atoms with Gasteiger partial charge in [-0.3, -0.25) is 15.1 Å². The van der Waals surface area contributed by atoms with Gasteiger partial charge in [0.15, 0.2) is 5.96 Å². The third-order valence-corrected chi connectivity index (χ3v) is 4.55. The van der Waals surface area contributed by atoms with Crippen LogP contribution in [0, 0.1) is 10.1 Å². The maximum absolute atomic E-state index is 11.0. The van der Waals surface area contributed by atoms with Gasteiger partial charge in [0.25, 0.3) is 5.69 Å². The van der Waals surface area contributed by atoms with Gasteiger partial charge in [-0.15, -0.1) is 24.0 Å². The number of para-hydroxylation sites is 2. The summed E-state index contributed by atoms with van der Waals surface area (Å²) in [6.07, 6.45) is 0. The highest BCUT2D eigenvalue weighted by Crippen LogP contribution is 2.25. The van der Waals surface area contributed by atoms with Gasteiger partial charge in [-0.1, -0.05) is 35.3 Å². The Kier molecular flexibility index (Phi) is 9.67. The van der Waals surface area contributed by atoms with E-state index >= 15 is 0 Å². The molecule has 148 valence electrons. The summed E-state index contributed by atoms with van der Waals surface area (Å²) in [7, 11) is 3.49. The molecule has 0 aliphatic carbocycles. The number of aromatic nitrogens is 1. The van der Waals surface area contributed by atoms with Gasteiger partial charge in [0, 0.05) is 38.9 Å². The van der Waals surface area contributed by atoms with Gasteiger partial charge in [-0.05, 0) is 12.1 Å².